The summed E-state index contributed by atoms with van der Waals surface area (Å²) in [4.78, 5) is 10.8. The van der Waals surface area contributed by atoms with E-state index in [4.69, 9.17) is 21.7 Å². The number of nitrogens with two attached hydrogens (primary N) is 1. The Morgan fingerprint density at radius 3 is 2.26 bits per heavy atom. The van der Waals surface area contributed by atoms with Crippen LogP contribution in [0.5, 0.6) is 5.75 Å². The zero-order chi connectivity index (χ0) is 18.4. The number of hydrogen-bond acceptors (Lipinski definition) is 4. The fraction of sp³-hybridized carbons (Fsp3) is 0.500. The molecular weight excluding hydrogens is 332 g/mol. The largest absolute Gasteiger partial charge is 0.507 e. The molecule has 23 heavy (non-hydrogen) atoms. The first-order valence-corrected chi connectivity index (χ1v) is 7.87. The van der Waals surface area contributed by atoms with Gasteiger partial charge < -0.3 is 20.5 Å². The minimum Gasteiger partial charge on any atom is -0.507 e. The van der Waals surface area contributed by atoms with Crippen LogP contribution < -0.4 is 5.73 Å². The maximum atomic E-state index is 10.1. The van der Waals surface area contributed by atoms with Gasteiger partial charge in [0.1, 0.15) is 12.4 Å². The van der Waals surface area contributed by atoms with Crippen LogP contribution in [0.2, 0.25) is 0 Å². The molecule has 0 aliphatic heterocycles. The van der Waals surface area contributed by atoms with Crippen LogP contribution in [0.3, 0.4) is 0 Å². The topological polar surface area (TPSA) is 75.8 Å². The van der Waals surface area contributed by atoms with Gasteiger partial charge in [0.05, 0.1) is 0 Å². The van der Waals surface area contributed by atoms with Crippen molar-refractivity contribution in [2.75, 3.05) is 14.1 Å². The summed E-state index contributed by atoms with van der Waals surface area (Å²) in [6.07, 6.45) is 0. The van der Waals surface area contributed by atoms with E-state index in [-0.39, 0.29) is 5.41 Å². The van der Waals surface area contributed by atoms with E-state index in [2.05, 4.69) is 39.1 Å². The standard InChI is InChI=1S/C15H23NO2S.CH3NOS/c1-10-7-11(9-18-14(19)16(5)6)8-12(13(10)17)15(2,3)4;2-1(3)4/h7-8,17H,9H2,1-6H3;(H3,2,3,4). The van der Waals surface area contributed by atoms with Crippen molar-refractivity contribution in [3.8, 4) is 5.75 Å². The molecule has 0 unspecified atom stereocenters. The van der Waals surface area contributed by atoms with Crippen LogP contribution in [0, 0.1) is 6.92 Å². The van der Waals surface area contributed by atoms with Crippen LogP contribution in [-0.2, 0) is 16.8 Å². The first-order chi connectivity index (χ1) is 10.4. The average molecular weight is 359 g/mol. The van der Waals surface area contributed by atoms with E-state index >= 15 is 0 Å². The molecule has 1 aromatic rings. The first-order valence-electron chi connectivity index (χ1n) is 7.01. The van der Waals surface area contributed by atoms with E-state index in [1.165, 1.54) is 0 Å². The van der Waals surface area contributed by atoms with E-state index in [0.29, 0.717) is 17.5 Å². The Morgan fingerprint density at radius 1 is 1.39 bits per heavy atom. The van der Waals surface area contributed by atoms with Crippen molar-refractivity contribution in [1.29, 1.82) is 0 Å². The summed E-state index contributed by atoms with van der Waals surface area (Å²) in [7, 11) is 3.70. The number of amides is 1. The van der Waals surface area contributed by atoms with Crippen molar-refractivity contribution in [3.05, 3.63) is 28.8 Å². The lowest BCUT2D eigenvalue weighted by Gasteiger charge is -2.23. The van der Waals surface area contributed by atoms with Crippen LogP contribution in [0.15, 0.2) is 12.1 Å². The summed E-state index contributed by atoms with van der Waals surface area (Å²) >= 11 is 8.20. The number of nitrogens with zero attached hydrogens (tertiary/aromatic N) is 1. The van der Waals surface area contributed by atoms with Gasteiger partial charge in [-0.3, -0.25) is 4.79 Å². The molecule has 0 fully saturated rings. The monoisotopic (exact) mass is 358 g/mol. The Balaban J connectivity index is 0.00000108. The number of phenolic OH excluding ortho intramolecular Hbond substituents is 1. The Bertz CT molecular complexity index is 563. The Kier molecular flexibility index (Phi) is 8.41. The number of carbonyl (C=O) groups excluding carboxylic acids is 1. The molecule has 0 aliphatic rings. The summed E-state index contributed by atoms with van der Waals surface area (Å²) in [5.41, 5.74) is 7.05. The van der Waals surface area contributed by atoms with Gasteiger partial charge in [-0.2, -0.15) is 0 Å². The number of hydrogen-bond donors (Lipinski definition) is 3. The summed E-state index contributed by atoms with van der Waals surface area (Å²) in [6.45, 7) is 8.56. The van der Waals surface area contributed by atoms with Gasteiger partial charge in [0.2, 0.25) is 0 Å². The van der Waals surface area contributed by atoms with E-state index in [0.717, 1.165) is 16.7 Å². The van der Waals surface area contributed by atoms with Gasteiger partial charge in [0.25, 0.3) is 10.4 Å². The number of rotatable bonds is 2. The number of thiocarbonyl (C=S) groups is 1. The highest BCUT2D eigenvalue weighted by Crippen LogP contribution is 2.34. The van der Waals surface area contributed by atoms with Gasteiger partial charge >= 0.3 is 0 Å². The zero-order valence-electron chi connectivity index (χ0n) is 14.5. The van der Waals surface area contributed by atoms with Gasteiger partial charge in [-0.15, -0.1) is 0 Å². The molecular formula is C16H26N2O3S2. The number of aryl methyl sites for hydroxylation is 1. The third-order valence-electron chi connectivity index (χ3n) is 2.90. The van der Waals surface area contributed by atoms with Gasteiger partial charge in [0, 0.05) is 14.1 Å². The molecule has 0 aliphatic carbocycles. The van der Waals surface area contributed by atoms with Crippen LogP contribution in [0.1, 0.15) is 37.5 Å². The van der Waals surface area contributed by atoms with Crippen LogP contribution >= 0.6 is 24.8 Å². The Morgan fingerprint density at radius 2 is 1.87 bits per heavy atom. The second-order valence-electron chi connectivity index (χ2n) is 6.35. The highest BCUT2D eigenvalue weighted by Gasteiger charge is 2.20. The number of primary amides is 1. The van der Waals surface area contributed by atoms with E-state index < -0.39 is 5.24 Å². The maximum absolute atomic E-state index is 10.1. The minimum atomic E-state index is -0.639. The molecule has 0 atom stereocenters. The molecule has 1 aromatic carbocycles. The number of benzene rings is 1. The molecule has 0 saturated heterocycles. The fourth-order valence-corrected chi connectivity index (χ4v) is 1.84. The molecule has 1 rings (SSSR count). The molecule has 0 spiro atoms. The van der Waals surface area contributed by atoms with Crippen molar-refractivity contribution in [1.82, 2.24) is 4.90 Å². The first kappa shape index (κ1) is 21.5. The molecule has 3 N–H and O–H groups in total. The van der Waals surface area contributed by atoms with E-state index in [1.807, 2.05) is 33.2 Å². The number of thiol groups is 1. The van der Waals surface area contributed by atoms with Crippen molar-refractivity contribution in [2.24, 2.45) is 5.73 Å². The molecule has 0 aromatic heterocycles. The molecule has 0 radical (unpaired) electrons. The van der Waals surface area contributed by atoms with Crippen molar-refractivity contribution in [3.63, 3.8) is 0 Å². The highest BCUT2D eigenvalue weighted by atomic mass is 32.1. The van der Waals surface area contributed by atoms with Crippen molar-refractivity contribution < 1.29 is 14.6 Å². The maximum Gasteiger partial charge on any atom is 0.273 e. The zero-order valence-corrected chi connectivity index (χ0v) is 16.2. The third-order valence-corrected chi connectivity index (χ3v) is 3.38. The molecule has 0 bridgehead atoms. The predicted octanol–water partition coefficient (Wildman–Crippen LogP) is 3.36. The number of carbonyl (C=O) groups is 1. The number of ether oxygens (including phenoxy) is 1. The second-order valence-corrected chi connectivity index (χ2v) is 7.14. The smallest absolute Gasteiger partial charge is 0.273 e. The van der Waals surface area contributed by atoms with E-state index in [9.17, 15) is 5.11 Å². The normalized spacial score (nSPS) is 10.4. The Labute approximate surface area is 149 Å². The van der Waals surface area contributed by atoms with E-state index in [1.54, 1.807) is 4.90 Å². The minimum absolute atomic E-state index is 0.104. The lowest BCUT2D eigenvalue weighted by Crippen LogP contribution is -2.22. The third kappa shape index (κ3) is 8.08. The summed E-state index contributed by atoms with van der Waals surface area (Å²) in [5.74, 6) is 0.367. The van der Waals surface area contributed by atoms with Gasteiger partial charge in [-0.25, -0.2) is 0 Å². The highest BCUT2D eigenvalue weighted by molar-refractivity contribution is 7.96. The lowest BCUT2D eigenvalue weighted by molar-refractivity contribution is 0.257. The molecule has 0 saturated carbocycles. The summed E-state index contributed by atoms with van der Waals surface area (Å²) in [5, 5.41) is 9.97. The van der Waals surface area contributed by atoms with Crippen LogP contribution in [0.25, 0.3) is 0 Å². The van der Waals surface area contributed by atoms with Gasteiger partial charge in [-0.05, 0) is 53.4 Å². The molecule has 7 heteroatoms. The van der Waals surface area contributed by atoms with Crippen LogP contribution in [0.4, 0.5) is 4.79 Å². The van der Waals surface area contributed by atoms with Gasteiger partial charge in [-0.1, -0.05) is 33.4 Å². The molecule has 130 valence electrons. The van der Waals surface area contributed by atoms with Crippen molar-refractivity contribution >= 4 is 35.3 Å². The Hall–Kier alpha value is -1.47. The fourth-order valence-electron chi connectivity index (χ4n) is 1.78. The average Bonchev–Trinajstić information content (AvgIpc) is 2.37. The summed E-state index contributed by atoms with van der Waals surface area (Å²) < 4.78 is 5.53. The second kappa shape index (κ2) is 8.98. The van der Waals surface area contributed by atoms with Gasteiger partial charge in [0.15, 0.2) is 0 Å². The summed E-state index contributed by atoms with van der Waals surface area (Å²) in [6, 6.07) is 3.92. The number of phenols is 1. The molecule has 0 heterocycles. The van der Waals surface area contributed by atoms with Crippen LogP contribution in [-0.4, -0.2) is 34.5 Å². The van der Waals surface area contributed by atoms with Crippen molar-refractivity contribution in [2.45, 2.75) is 39.7 Å². The molecule has 5 nitrogen and oxygen atoms in total. The molecule has 1 amide bonds. The SMILES string of the molecule is Cc1cc(COC(=S)N(C)C)cc(C(C)(C)C)c1O.NC(=O)S. The number of aromatic hydroxyl groups is 1. The lowest BCUT2D eigenvalue weighted by atomic mass is 9.84. The quantitative estimate of drug-likeness (QED) is 0.558. The predicted molar refractivity (Wildman–Crippen MR) is 101 cm³/mol.